The molecule has 1 unspecified atom stereocenters. The van der Waals surface area contributed by atoms with Crippen molar-refractivity contribution >= 4 is 17.5 Å². The van der Waals surface area contributed by atoms with Gasteiger partial charge in [0.05, 0.1) is 5.02 Å². The van der Waals surface area contributed by atoms with Crippen molar-refractivity contribution in [3.63, 3.8) is 0 Å². The average Bonchev–Trinajstić information content (AvgIpc) is 2.48. The van der Waals surface area contributed by atoms with E-state index in [0.29, 0.717) is 5.56 Å². The smallest absolute Gasteiger partial charge is 0.241 e. The van der Waals surface area contributed by atoms with Gasteiger partial charge in [0.25, 0.3) is 0 Å². The SMILES string of the molecule is Cc1ccc(C(N)C(=O)NCc2ccc(F)c(Cl)c2)cc1. The number of nitrogens with two attached hydrogens (primary N) is 1. The number of rotatable bonds is 4. The van der Waals surface area contributed by atoms with E-state index in [0.717, 1.165) is 11.1 Å². The molecule has 0 spiro atoms. The van der Waals surface area contributed by atoms with Gasteiger partial charge in [0.2, 0.25) is 5.91 Å². The van der Waals surface area contributed by atoms with Gasteiger partial charge >= 0.3 is 0 Å². The topological polar surface area (TPSA) is 55.1 Å². The van der Waals surface area contributed by atoms with E-state index < -0.39 is 11.9 Å². The van der Waals surface area contributed by atoms with Crippen LogP contribution >= 0.6 is 11.6 Å². The number of hydrogen-bond donors (Lipinski definition) is 2. The molecule has 110 valence electrons. The fourth-order valence-corrected chi connectivity index (χ4v) is 2.08. The van der Waals surface area contributed by atoms with Gasteiger partial charge in [0.15, 0.2) is 0 Å². The lowest BCUT2D eigenvalue weighted by atomic mass is 10.1. The molecule has 1 amide bonds. The first kappa shape index (κ1) is 15.5. The van der Waals surface area contributed by atoms with Gasteiger partial charge in [0, 0.05) is 6.54 Å². The molecule has 0 heterocycles. The Kier molecular flexibility index (Phi) is 4.94. The van der Waals surface area contributed by atoms with Crippen LogP contribution in [0.3, 0.4) is 0 Å². The summed E-state index contributed by atoms with van der Waals surface area (Å²) in [6.45, 7) is 2.21. The Labute approximate surface area is 127 Å². The third-order valence-electron chi connectivity index (χ3n) is 3.17. The summed E-state index contributed by atoms with van der Waals surface area (Å²) < 4.78 is 13.0. The van der Waals surface area contributed by atoms with Crippen LogP contribution in [0, 0.1) is 12.7 Å². The summed E-state index contributed by atoms with van der Waals surface area (Å²) in [5.74, 6) is -0.776. The van der Waals surface area contributed by atoms with Crippen molar-refractivity contribution in [3.05, 3.63) is 70.0 Å². The van der Waals surface area contributed by atoms with E-state index in [9.17, 15) is 9.18 Å². The van der Waals surface area contributed by atoms with Crippen LogP contribution in [-0.2, 0) is 11.3 Å². The van der Waals surface area contributed by atoms with Crippen LogP contribution in [0.1, 0.15) is 22.7 Å². The fraction of sp³-hybridized carbons (Fsp3) is 0.188. The largest absolute Gasteiger partial charge is 0.350 e. The number of aryl methyl sites for hydroxylation is 1. The van der Waals surface area contributed by atoms with Crippen LogP contribution in [0.25, 0.3) is 0 Å². The summed E-state index contributed by atoms with van der Waals surface area (Å²) in [7, 11) is 0. The highest BCUT2D eigenvalue weighted by atomic mass is 35.5. The van der Waals surface area contributed by atoms with E-state index >= 15 is 0 Å². The van der Waals surface area contributed by atoms with E-state index in [4.69, 9.17) is 17.3 Å². The van der Waals surface area contributed by atoms with Gasteiger partial charge in [0.1, 0.15) is 11.9 Å². The molecule has 0 saturated carbocycles. The molecule has 2 aromatic rings. The number of carbonyl (C=O) groups is 1. The Hall–Kier alpha value is -1.91. The number of hydrogen-bond acceptors (Lipinski definition) is 2. The number of benzene rings is 2. The predicted octanol–water partition coefficient (Wildman–Crippen LogP) is 3.10. The molecule has 21 heavy (non-hydrogen) atoms. The maximum absolute atomic E-state index is 13.0. The minimum atomic E-state index is -0.735. The van der Waals surface area contributed by atoms with Gasteiger partial charge in [-0.05, 0) is 30.2 Å². The number of halogens is 2. The Morgan fingerprint density at radius 1 is 1.29 bits per heavy atom. The molecule has 0 aliphatic rings. The molecule has 0 fully saturated rings. The molecule has 0 aliphatic carbocycles. The highest BCUT2D eigenvalue weighted by Crippen LogP contribution is 2.16. The van der Waals surface area contributed by atoms with E-state index in [2.05, 4.69) is 5.32 Å². The van der Waals surface area contributed by atoms with Crippen LogP contribution in [0.4, 0.5) is 4.39 Å². The van der Waals surface area contributed by atoms with Crippen LogP contribution in [0.5, 0.6) is 0 Å². The minimum Gasteiger partial charge on any atom is -0.350 e. The molecule has 0 saturated heterocycles. The molecule has 2 aromatic carbocycles. The molecule has 0 aliphatic heterocycles. The van der Waals surface area contributed by atoms with Crippen LogP contribution in [0.2, 0.25) is 5.02 Å². The summed E-state index contributed by atoms with van der Waals surface area (Å²) in [6, 6.07) is 11.0. The van der Waals surface area contributed by atoms with Gasteiger partial charge in [-0.15, -0.1) is 0 Å². The zero-order chi connectivity index (χ0) is 15.4. The van der Waals surface area contributed by atoms with Crippen molar-refractivity contribution in [1.29, 1.82) is 0 Å². The van der Waals surface area contributed by atoms with Crippen LogP contribution in [-0.4, -0.2) is 5.91 Å². The first-order valence-corrected chi connectivity index (χ1v) is 6.89. The molecule has 3 nitrogen and oxygen atoms in total. The zero-order valence-electron chi connectivity index (χ0n) is 11.6. The molecule has 3 N–H and O–H groups in total. The van der Waals surface area contributed by atoms with Gasteiger partial charge in [-0.25, -0.2) is 4.39 Å². The van der Waals surface area contributed by atoms with Crippen molar-refractivity contribution < 1.29 is 9.18 Å². The Morgan fingerprint density at radius 2 is 1.95 bits per heavy atom. The number of carbonyl (C=O) groups excluding carboxylic acids is 1. The van der Waals surface area contributed by atoms with Crippen molar-refractivity contribution in [2.24, 2.45) is 5.73 Å². The first-order chi connectivity index (χ1) is 9.97. The molecule has 1 atom stereocenters. The zero-order valence-corrected chi connectivity index (χ0v) is 12.3. The molecule has 5 heteroatoms. The average molecular weight is 307 g/mol. The maximum Gasteiger partial charge on any atom is 0.241 e. The standard InChI is InChI=1S/C16H16ClFN2O/c1-10-2-5-12(6-3-10)15(19)16(21)20-9-11-4-7-14(18)13(17)8-11/h2-8,15H,9,19H2,1H3,(H,20,21). The van der Waals surface area contributed by atoms with Gasteiger partial charge in [-0.2, -0.15) is 0 Å². The maximum atomic E-state index is 13.0. The van der Waals surface area contributed by atoms with Crippen molar-refractivity contribution in [2.75, 3.05) is 0 Å². The highest BCUT2D eigenvalue weighted by Gasteiger charge is 2.15. The third kappa shape index (κ3) is 4.03. The van der Waals surface area contributed by atoms with E-state index in [1.165, 1.54) is 12.1 Å². The summed E-state index contributed by atoms with van der Waals surface area (Å²) >= 11 is 5.69. The summed E-state index contributed by atoms with van der Waals surface area (Å²) in [5, 5.41) is 2.75. The molecular weight excluding hydrogens is 291 g/mol. The second-order valence-electron chi connectivity index (χ2n) is 4.85. The summed E-state index contributed by atoms with van der Waals surface area (Å²) in [6.07, 6.45) is 0. The monoisotopic (exact) mass is 306 g/mol. The lowest BCUT2D eigenvalue weighted by Gasteiger charge is -2.13. The van der Waals surface area contributed by atoms with Gasteiger partial charge in [-0.1, -0.05) is 47.5 Å². The summed E-state index contributed by atoms with van der Waals surface area (Å²) in [5.41, 5.74) is 8.47. The minimum absolute atomic E-state index is 0.0320. The number of nitrogens with one attached hydrogen (secondary N) is 1. The highest BCUT2D eigenvalue weighted by molar-refractivity contribution is 6.30. The van der Waals surface area contributed by atoms with Gasteiger partial charge < -0.3 is 11.1 Å². The van der Waals surface area contributed by atoms with Gasteiger partial charge in [-0.3, -0.25) is 4.79 Å². The second-order valence-corrected chi connectivity index (χ2v) is 5.26. The molecule has 0 radical (unpaired) electrons. The first-order valence-electron chi connectivity index (χ1n) is 6.51. The predicted molar refractivity (Wildman–Crippen MR) is 81.4 cm³/mol. The van der Waals surface area contributed by atoms with E-state index in [1.54, 1.807) is 6.07 Å². The Bertz CT molecular complexity index is 643. The normalized spacial score (nSPS) is 12.0. The molecule has 0 aromatic heterocycles. The Morgan fingerprint density at radius 3 is 2.57 bits per heavy atom. The molecule has 2 rings (SSSR count). The molecule has 0 bridgehead atoms. The summed E-state index contributed by atoms with van der Waals surface area (Å²) in [4.78, 5) is 12.0. The lowest BCUT2D eigenvalue weighted by Crippen LogP contribution is -2.33. The number of amides is 1. The second kappa shape index (κ2) is 6.70. The quantitative estimate of drug-likeness (QED) is 0.912. The molecular formula is C16H16ClFN2O. The van der Waals surface area contributed by atoms with Crippen LogP contribution < -0.4 is 11.1 Å². The third-order valence-corrected chi connectivity index (χ3v) is 3.46. The van der Waals surface area contributed by atoms with Crippen molar-refractivity contribution in [2.45, 2.75) is 19.5 Å². The van der Waals surface area contributed by atoms with E-state index in [1.807, 2.05) is 31.2 Å². The fourth-order valence-electron chi connectivity index (χ4n) is 1.87. The van der Waals surface area contributed by atoms with Crippen molar-refractivity contribution in [3.8, 4) is 0 Å². The van der Waals surface area contributed by atoms with Crippen molar-refractivity contribution in [1.82, 2.24) is 5.32 Å². The lowest BCUT2D eigenvalue weighted by molar-refractivity contribution is -0.122. The van der Waals surface area contributed by atoms with E-state index in [-0.39, 0.29) is 17.5 Å². The Balaban J connectivity index is 1.97. The van der Waals surface area contributed by atoms with Crippen LogP contribution in [0.15, 0.2) is 42.5 Å².